The first kappa shape index (κ1) is 36.4. The molecule has 1 heteroatoms. The molecule has 0 aromatic heterocycles. The van der Waals surface area contributed by atoms with Crippen molar-refractivity contribution in [1.29, 1.82) is 0 Å². The van der Waals surface area contributed by atoms with Crippen molar-refractivity contribution in [3.05, 3.63) is 186 Å². The van der Waals surface area contributed by atoms with E-state index in [4.69, 9.17) is 0 Å². The minimum absolute atomic E-state index is 0.191. The SMILES string of the molecule is CC1(C)c2cc(-c3ccccc3)ccc2-c2cc(-c3ccccc3)c(N(c3ccc(C4CC5CCC4C5)cc3)c3ccccc3-c3ccccc3C3CCCCC3)cc21. The zero-order chi connectivity index (χ0) is 39.5. The molecule has 3 fully saturated rings. The third kappa shape index (κ3) is 6.37. The highest BCUT2D eigenvalue weighted by molar-refractivity contribution is 5.98. The van der Waals surface area contributed by atoms with Crippen molar-refractivity contribution in [3.63, 3.8) is 0 Å². The fourth-order valence-electron chi connectivity index (χ4n) is 12.0. The first-order chi connectivity index (χ1) is 29.0. The highest BCUT2D eigenvalue weighted by Gasteiger charge is 2.41. The number of hydrogen-bond donors (Lipinski definition) is 0. The number of para-hydroxylation sites is 1. The van der Waals surface area contributed by atoms with E-state index in [0.717, 1.165) is 11.8 Å². The van der Waals surface area contributed by atoms with Crippen LogP contribution >= 0.6 is 0 Å². The van der Waals surface area contributed by atoms with Crippen LogP contribution in [0.4, 0.5) is 17.1 Å². The van der Waals surface area contributed by atoms with E-state index in [1.807, 2.05) is 0 Å². The molecule has 7 aromatic rings. The first-order valence-corrected chi connectivity index (χ1v) is 22.5. The van der Waals surface area contributed by atoms with Crippen LogP contribution in [0.25, 0.3) is 44.5 Å². The number of hydrogen-bond acceptors (Lipinski definition) is 1. The van der Waals surface area contributed by atoms with Gasteiger partial charge in [0.25, 0.3) is 0 Å². The average Bonchev–Trinajstić information content (AvgIpc) is 4.00. The van der Waals surface area contributed by atoms with E-state index in [-0.39, 0.29) is 5.41 Å². The molecule has 1 nitrogen and oxygen atoms in total. The summed E-state index contributed by atoms with van der Waals surface area (Å²) in [4.78, 5) is 2.62. The lowest BCUT2D eigenvalue weighted by atomic mass is 9.80. The van der Waals surface area contributed by atoms with E-state index in [2.05, 4.69) is 183 Å². The summed E-state index contributed by atoms with van der Waals surface area (Å²) >= 11 is 0. The second-order valence-electron chi connectivity index (χ2n) is 18.7. The number of rotatable bonds is 8. The molecule has 0 N–H and O–H groups in total. The van der Waals surface area contributed by atoms with Crippen LogP contribution in [0.5, 0.6) is 0 Å². The van der Waals surface area contributed by atoms with Crippen LogP contribution in [-0.2, 0) is 5.41 Å². The van der Waals surface area contributed by atoms with Crippen molar-refractivity contribution < 1.29 is 0 Å². The average molecular weight is 766 g/mol. The minimum Gasteiger partial charge on any atom is -0.309 e. The van der Waals surface area contributed by atoms with Gasteiger partial charge in [0.05, 0.1) is 11.4 Å². The van der Waals surface area contributed by atoms with Crippen LogP contribution in [-0.4, -0.2) is 0 Å². The highest BCUT2D eigenvalue weighted by Crippen LogP contribution is 2.56. The third-order valence-electron chi connectivity index (χ3n) is 15.0. The zero-order valence-electron chi connectivity index (χ0n) is 34.7. The molecule has 0 amide bonds. The Labute approximate surface area is 351 Å². The number of nitrogens with zero attached hydrogens (tertiary/aromatic N) is 1. The van der Waals surface area contributed by atoms with Crippen molar-refractivity contribution in [2.75, 3.05) is 4.90 Å². The van der Waals surface area contributed by atoms with Crippen molar-refractivity contribution in [2.24, 2.45) is 11.8 Å². The van der Waals surface area contributed by atoms with Gasteiger partial charge in [0.2, 0.25) is 0 Å². The van der Waals surface area contributed by atoms with E-state index < -0.39 is 0 Å². The molecule has 2 bridgehead atoms. The smallest absolute Gasteiger partial charge is 0.0543 e. The fourth-order valence-corrected chi connectivity index (χ4v) is 12.0. The number of anilines is 3. The molecule has 3 saturated carbocycles. The van der Waals surface area contributed by atoms with Gasteiger partial charge in [-0.25, -0.2) is 0 Å². The van der Waals surface area contributed by atoms with Crippen molar-refractivity contribution in [3.8, 4) is 44.5 Å². The molecule has 11 rings (SSSR count). The lowest BCUT2D eigenvalue weighted by Crippen LogP contribution is -2.18. The van der Waals surface area contributed by atoms with Crippen LogP contribution in [0.1, 0.15) is 106 Å². The van der Waals surface area contributed by atoms with Crippen LogP contribution in [0.3, 0.4) is 0 Å². The summed E-state index contributed by atoms with van der Waals surface area (Å²) in [5.74, 6) is 3.08. The molecule has 0 aliphatic heterocycles. The second-order valence-corrected chi connectivity index (χ2v) is 18.7. The Bertz CT molecular complexity index is 2630. The van der Waals surface area contributed by atoms with Gasteiger partial charge in [0.15, 0.2) is 0 Å². The molecular formula is C58H55N. The minimum atomic E-state index is -0.191. The van der Waals surface area contributed by atoms with Gasteiger partial charge >= 0.3 is 0 Å². The fraction of sp³-hybridized carbons (Fsp3) is 0.276. The normalized spacial score (nSPS) is 20.3. The summed E-state index contributed by atoms with van der Waals surface area (Å²) in [6, 6.07) is 62.6. The van der Waals surface area contributed by atoms with Gasteiger partial charge in [-0.2, -0.15) is 0 Å². The van der Waals surface area contributed by atoms with Crippen LogP contribution in [0, 0.1) is 11.8 Å². The molecule has 7 aromatic carbocycles. The van der Waals surface area contributed by atoms with Crippen molar-refractivity contribution in [1.82, 2.24) is 0 Å². The van der Waals surface area contributed by atoms with E-state index in [1.54, 1.807) is 0 Å². The molecule has 0 saturated heterocycles. The Hall–Kier alpha value is -5.66. The van der Waals surface area contributed by atoms with Gasteiger partial charge in [-0.15, -0.1) is 0 Å². The van der Waals surface area contributed by atoms with Gasteiger partial charge in [-0.1, -0.05) is 167 Å². The summed E-state index contributed by atoms with van der Waals surface area (Å²) in [5.41, 5.74) is 19.7. The summed E-state index contributed by atoms with van der Waals surface area (Å²) in [6.45, 7) is 4.86. The Morgan fingerprint density at radius 3 is 1.86 bits per heavy atom. The quantitative estimate of drug-likeness (QED) is 0.149. The predicted molar refractivity (Wildman–Crippen MR) is 249 cm³/mol. The zero-order valence-corrected chi connectivity index (χ0v) is 34.7. The summed E-state index contributed by atoms with van der Waals surface area (Å²) in [5, 5.41) is 0. The van der Waals surface area contributed by atoms with E-state index in [9.17, 15) is 0 Å². The lowest BCUT2D eigenvalue weighted by molar-refractivity contribution is 0.420. The molecule has 4 aliphatic rings. The Kier molecular flexibility index (Phi) is 9.18. The van der Waals surface area contributed by atoms with E-state index in [0.29, 0.717) is 11.8 Å². The molecule has 59 heavy (non-hydrogen) atoms. The van der Waals surface area contributed by atoms with Gasteiger partial charge in [-0.05, 0) is 148 Å². The molecule has 3 atom stereocenters. The standard InChI is InChI=1S/C58H55N/c1-58(2)54-36-44(40-16-6-3-7-17-40)30-33-49(54)53-37-52(42-20-10-5-11-21-42)57(38-55(53)58)59(46-31-28-43(29-32-46)51-35-39-26-27-45(51)34-39)56-25-15-14-24-50(56)48-23-13-12-22-47(48)41-18-8-4-9-19-41/h3,5-7,10-17,20-25,28-33,36-39,41,45,51H,4,8-9,18-19,26-27,34-35H2,1-2H3. The highest BCUT2D eigenvalue weighted by atomic mass is 15.1. The maximum absolute atomic E-state index is 2.62. The van der Waals surface area contributed by atoms with Crippen molar-refractivity contribution in [2.45, 2.75) is 88.9 Å². The molecule has 0 heterocycles. The first-order valence-electron chi connectivity index (χ1n) is 22.5. The lowest BCUT2D eigenvalue weighted by Gasteiger charge is -2.33. The second kappa shape index (κ2) is 14.9. The van der Waals surface area contributed by atoms with Gasteiger partial charge in [-0.3, -0.25) is 0 Å². The monoisotopic (exact) mass is 765 g/mol. The van der Waals surface area contributed by atoms with Crippen LogP contribution < -0.4 is 4.90 Å². The topological polar surface area (TPSA) is 3.24 Å². The number of benzene rings is 7. The van der Waals surface area contributed by atoms with Gasteiger partial charge < -0.3 is 4.90 Å². The van der Waals surface area contributed by atoms with Crippen LogP contribution in [0.15, 0.2) is 164 Å². The molecule has 4 aliphatic carbocycles. The Balaban J connectivity index is 1.13. The van der Waals surface area contributed by atoms with Crippen LogP contribution in [0.2, 0.25) is 0 Å². The molecule has 0 spiro atoms. The summed E-state index contributed by atoms with van der Waals surface area (Å²) in [6.07, 6.45) is 12.2. The maximum Gasteiger partial charge on any atom is 0.0543 e. The van der Waals surface area contributed by atoms with Gasteiger partial charge in [0, 0.05) is 22.2 Å². The molecule has 292 valence electrons. The summed E-state index contributed by atoms with van der Waals surface area (Å²) < 4.78 is 0. The summed E-state index contributed by atoms with van der Waals surface area (Å²) in [7, 11) is 0. The number of fused-ring (bicyclic) bond motifs is 5. The van der Waals surface area contributed by atoms with E-state index in [1.165, 1.54) is 142 Å². The van der Waals surface area contributed by atoms with E-state index >= 15 is 0 Å². The molecule has 0 radical (unpaired) electrons. The predicted octanol–water partition coefficient (Wildman–Crippen LogP) is 16.4. The maximum atomic E-state index is 2.62. The third-order valence-corrected chi connectivity index (χ3v) is 15.0. The largest absolute Gasteiger partial charge is 0.309 e. The van der Waals surface area contributed by atoms with Crippen molar-refractivity contribution >= 4 is 17.1 Å². The molecular weight excluding hydrogens is 711 g/mol. The molecule has 3 unspecified atom stereocenters. The Morgan fingerprint density at radius 1 is 0.458 bits per heavy atom. The van der Waals surface area contributed by atoms with Gasteiger partial charge in [0.1, 0.15) is 0 Å². The Morgan fingerprint density at radius 2 is 1.14 bits per heavy atom.